The van der Waals surface area contributed by atoms with Crippen LogP contribution in [0.1, 0.15) is 37.4 Å². The number of fused-ring (bicyclic) bond motifs is 1. The summed E-state index contributed by atoms with van der Waals surface area (Å²) in [6, 6.07) is 9.86. The van der Waals surface area contributed by atoms with Crippen molar-refractivity contribution in [3.8, 4) is 6.07 Å². The topological polar surface area (TPSA) is 61.8 Å². The quantitative estimate of drug-likeness (QED) is 0.833. The minimum absolute atomic E-state index is 0.00532. The lowest BCUT2D eigenvalue weighted by Gasteiger charge is -2.28. The highest BCUT2D eigenvalue weighted by Crippen LogP contribution is 2.31. The van der Waals surface area contributed by atoms with Gasteiger partial charge in [-0.2, -0.15) is 10.4 Å². The molecule has 4 nitrogen and oxygen atoms in total. The molecule has 1 saturated carbocycles. The molecule has 1 fully saturated rings. The van der Waals surface area contributed by atoms with Gasteiger partial charge in [-0.3, -0.25) is 4.68 Å². The van der Waals surface area contributed by atoms with Gasteiger partial charge in [-0.05, 0) is 25.0 Å². The van der Waals surface area contributed by atoms with Crippen LogP contribution >= 0.6 is 0 Å². The first-order chi connectivity index (χ1) is 8.81. The number of hydrogen-bond acceptors (Lipinski definition) is 3. The average Bonchev–Trinajstić information content (AvgIpc) is 2.78. The van der Waals surface area contributed by atoms with Crippen LogP contribution in [0.5, 0.6) is 0 Å². The van der Waals surface area contributed by atoms with Crippen molar-refractivity contribution in [2.24, 2.45) is 0 Å². The first-order valence-electron chi connectivity index (χ1n) is 6.36. The van der Waals surface area contributed by atoms with Crippen molar-refractivity contribution in [3.63, 3.8) is 0 Å². The Labute approximate surface area is 105 Å². The van der Waals surface area contributed by atoms with Gasteiger partial charge in [-0.15, -0.1) is 0 Å². The van der Waals surface area contributed by atoms with Gasteiger partial charge in [-0.25, -0.2) is 0 Å². The molecule has 0 radical (unpaired) electrons. The number of rotatable bonds is 1. The number of benzene rings is 1. The second-order valence-corrected chi connectivity index (χ2v) is 4.84. The van der Waals surface area contributed by atoms with Crippen LogP contribution in [0, 0.1) is 11.3 Å². The Morgan fingerprint density at radius 3 is 2.83 bits per heavy atom. The van der Waals surface area contributed by atoms with E-state index in [-0.39, 0.29) is 12.1 Å². The Morgan fingerprint density at radius 1 is 1.28 bits per heavy atom. The van der Waals surface area contributed by atoms with E-state index in [1.807, 2.05) is 28.9 Å². The van der Waals surface area contributed by atoms with Gasteiger partial charge in [0.05, 0.1) is 17.7 Å². The fourth-order valence-corrected chi connectivity index (χ4v) is 2.80. The summed E-state index contributed by atoms with van der Waals surface area (Å²) in [5.41, 5.74) is 1.39. The third-order valence-electron chi connectivity index (χ3n) is 3.73. The Bertz CT molecular complexity index is 611. The lowest BCUT2D eigenvalue weighted by atomic mass is 9.92. The molecule has 3 rings (SSSR count). The van der Waals surface area contributed by atoms with Crippen LogP contribution in [0.4, 0.5) is 0 Å². The molecule has 0 amide bonds. The van der Waals surface area contributed by atoms with Gasteiger partial charge in [-0.1, -0.05) is 25.0 Å². The molecule has 1 aliphatic carbocycles. The van der Waals surface area contributed by atoms with Gasteiger partial charge in [0.25, 0.3) is 0 Å². The van der Waals surface area contributed by atoms with Crippen LogP contribution in [-0.2, 0) is 0 Å². The van der Waals surface area contributed by atoms with Gasteiger partial charge < -0.3 is 5.11 Å². The van der Waals surface area contributed by atoms with Crippen molar-refractivity contribution < 1.29 is 5.11 Å². The smallest absolute Gasteiger partial charge is 0.170 e. The minimum atomic E-state index is -0.353. The van der Waals surface area contributed by atoms with Crippen molar-refractivity contribution in [3.05, 3.63) is 30.0 Å². The van der Waals surface area contributed by atoms with Gasteiger partial charge in [0.1, 0.15) is 6.07 Å². The van der Waals surface area contributed by atoms with Crippen molar-refractivity contribution in [1.82, 2.24) is 9.78 Å². The molecule has 92 valence electrons. The van der Waals surface area contributed by atoms with Crippen LogP contribution in [0.3, 0.4) is 0 Å². The first-order valence-corrected chi connectivity index (χ1v) is 6.36. The Morgan fingerprint density at radius 2 is 2.06 bits per heavy atom. The highest BCUT2D eigenvalue weighted by molar-refractivity contribution is 5.84. The molecule has 1 heterocycles. The fraction of sp³-hybridized carbons (Fsp3) is 0.429. The molecular formula is C14H15N3O. The summed E-state index contributed by atoms with van der Waals surface area (Å²) >= 11 is 0. The SMILES string of the molecule is N#Cc1nn([C@@H]2CCCC[C@H]2O)c2ccccc12. The molecule has 1 aliphatic rings. The molecule has 1 aromatic heterocycles. The van der Waals surface area contributed by atoms with E-state index in [9.17, 15) is 5.11 Å². The van der Waals surface area contributed by atoms with Crippen LogP contribution in [0.2, 0.25) is 0 Å². The maximum Gasteiger partial charge on any atom is 0.170 e. The summed E-state index contributed by atoms with van der Waals surface area (Å²) in [4.78, 5) is 0. The van der Waals surface area contributed by atoms with E-state index < -0.39 is 0 Å². The molecular weight excluding hydrogens is 226 g/mol. The molecule has 18 heavy (non-hydrogen) atoms. The van der Waals surface area contributed by atoms with E-state index in [1.165, 1.54) is 0 Å². The molecule has 1 aromatic carbocycles. The van der Waals surface area contributed by atoms with Gasteiger partial charge >= 0.3 is 0 Å². The number of aliphatic hydroxyl groups excluding tert-OH is 1. The van der Waals surface area contributed by atoms with E-state index >= 15 is 0 Å². The number of para-hydroxylation sites is 1. The van der Waals surface area contributed by atoms with E-state index in [4.69, 9.17) is 5.26 Å². The van der Waals surface area contributed by atoms with Crippen molar-refractivity contribution in [2.45, 2.75) is 37.8 Å². The first kappa shape index (κ1) is 11.2. The van der Waals surface area contributed by atoms with Crippen LogP contribution in [0.25, 0.3) is 10.9 Å². The number of aromatic nitrogens is 2. The predicted molar refractivity (Wildman–Crippen MR) is 68.0 cm³/mol. The van der Waals surface area contributed by atoms with E-state index in [0.717, 1.165) is 36.6 Å². The third-order valence-corrected chi connectivity index (χ3v) is 3.73. The maximum atomic E-state index is 10.1. The second kappa shape index (κ2) is 4.43. The molecule has 2 aromatic rings. The average molecular weight is 241 g/mol. The van der Waals surface area contributed by atoms with E-state index in [1.54, 1.807) is 0 Å². The van der Waals surface area contributed by atoms with Crippen molar-refractivity contribution >= 4 is 10.9 Å². The highest BCUT2D eigenvalue weighted by atomic mass is 16.3. The lowest BCUT2D eigenvalue weighted by molar-refractivity contribution is 0.0716. The molecule has 0 saturated heterocycles. The van der Waals surface area contributed by atoms with E-state index in [2.05, 4.69) is 11.2 Å². The maximum absolute atomic E-state index is 10.1. The van der Waals surface area contributed by atoms with Crippen LogP contribution in [0.15, 0.2) is 24.3 Å². The number of nitrogens with zero attached hydrogens (tertiary/aromatic N) is 3. The van der Waals surface area contributed by atoms with Crippen molar-refractivity contribution in [2.75, 3.05) is 0 Å². The van der Waals surface area contributed by atoms with Gasteiger partial charge in [0.15, 0.2) is 5.69 Å². The van der Waals surface area contributed by atoms with Gasteiger partial charge in [0, 0.05) is 5.39 Å². The van der Waals surface area contributed by atoms with Crippen LogP contribution in [-0.4, -0.2) is 21.0 Å². The summed E-state index contributed by atoms with van der Waals surface area (Å²) in [6.45, 7) is 0. The zero-order chi connectivity index (χ0) is 12.5. The third kappa shape index (κ3) is 1.68. The van der Waals surface area contributed by atoms with Crippen molar-refractivity contribution in [1.29, 1.82) is 5.26 Å². The summed E-state index contributed by atoms with van der Waals surface area (Å²) in [5, 5.41) is 24.5. The summed E-state index contributed by atoms with van der Waals surface area (Å²) in [5.74, 6) is 0. The Hall–Kier alpha value is -1.86. The second-order valence-electron chi connectivity index (χ2n) is 4.84. The largest absolute Gasteiger partial charge is 0.391 e. The molecule has 0 unspecified atom stereocenters. The normalized spacial score (nSPS) is 24.0. The summed E-state index contributed by atoms with van der Waals surface area (Å²) < 4.78 is 1.84. The Kier molecular flexibility index (Phi) is 2.77. The number of hydrogen-bond donors (Lipinski definition) is 1. The molecule has 2 atom stereocenters. The lowest BCUT2D eigenvalue weighted by Crippen LogP contribution is -2.28. The summed E-state index contributed by atoms with van der Waals surface area (Å²) in [6.07, 6.45) is 3.58. The molecule has 0 aliphatic heterocycles. The summed E-state index contributed by atoms with van der Waals surface area (Å²) in [7, 11) is 0. The molecule has 4 heteroatoms. The number of aliphatic hydroxyl groups is 1. The number of nitriles is 1. The molecule has 0 spiro atoms. The van der Waals surface area contributed by atoms with E-state index in [0.29, 0.717) is 5.69 Å². The highest BCUT2D eigenvalue weighted by Gasteiger charge is 2.27. The molecule has 1 N–H and O–H groups in total. The van der Waals surface area contributed by atoms with Gasteiger partial charge in [0.2, 0.25) is 0 Å². The Balaban J connectivity index is 2.14. The fourth-order valence-electron chi connectivity index (χ4n) is 2.80. The van der Waals surface area contributed by atoms with Crippen LogP contribution < -0.4 is 0 Å². The molecule has 0 bridgehead atoms. The zero-order valence-electron chi connectivity index (χ0n) is 10.1. The predicted octanol–water partition coefficient (Wildman–Crippen LogP) is 2.38. The zero-order valence-corrected chi connectivity index (χ0v) is 10.1. The monoisotopic (exact) mass is 241 g/mol. The standard InChI is InChI=1S/C14H15N3O/c15-9-11-10-5-1-2-6-12(10)17(16-11)13-7-3-4-8-14(13)18/h1-2,5-6,13-14,18H,3-4,7-8H2/t13-,14-/m1/s1. The minimum Gasteiger partial charge on any atom is -0.391 e.